The molecule has 17 heavy (non-hydrogen) atoms. The van der Waals surface area contributed by atoms with Gasteiger partial charge in [0.2, 0.25) is 0 Å². The molecule has 1 aromatic rings. The Hall–Kier alpha value is -1.45. The summed E-state index contributed by atoms with van der Waals surface area (Å²) in [5.74, 6) is 0.935. The number of carbonyl (C=O) groups excluding carboxylic acids is 1. The first-order valence-corrected chi connectivity index (χ1v) is 5.96. The average molecular weight is 234 g/mol. The van der Waals surface area contributed by atoms with Gasteiger partial charge in [0.25, 0.3) is 0 Å². The molecule has 2 rings (SSSR count). The Labute approximate surface area is 101 Å². The van der Waals surface area contributed by atoms with E-state index in [-0.39, 0.29) is 5.97 Å². The van der Waals surface area contributed by atoms with Gasteiger partial charge in [-0.05, 0) is 25.7 Å². The number of hydrogen-bond acceptors (Lipinski definition) is 4. The molecule has 92 valence electrons. The standard InChI is InChI=1S/C13H18N2O2/c1-5-17-12(16)9-7-14-11(15-8(9)2)10-6-13(10,3)4/h7,10H,5-6H2,1-4H3. The fourth-order valence-electron chi connectivity index (χ4n) is 1.97. The summed E-state index contributed by atoms with van der Waals surface area (Å²) in [6.07, 6.45) is 2.70. The first-order valence-electron chi connectivity index (χ1n) is 5.96. The zero-order valence-corrected chi connectivity index (χ0v) is 10.8. The molecule has 0 spiro atoms. The summed E-state index contributed by atoms with van der Waals surface area (Å²) in [7, 11) is 0. The van der Waals surface area contributed by atoms with Crippen LogP contribution in [-0.4, -0.2) is 22.5 Å². The number of esters is 1. The highest BCUT2D eigenvalue weighted by molar-refractivity contribution is 5.90. The molecule has 0 N–H and O–H groups in total. The molecule has 1 saturated carbocycles. The lowest BCUT2D eigenvalue weighted by atomic mass is 10.1. The van der Waals surface area contributed by atoms with Crippen molar-refractivity contribution in [3.8, 4) is 0 Å². The number of carbonyl (C=O) groups is 1. The van der Waals surface area contributed by atoms with Crippen LogP contribution >= 0.6 is 0 Å². The normalized spacial score (nSPS) is 21.1. The van der Waals surface area contributed by atoms with Crippen LogP contribution in [0.3, 0.4) is 0 Å². The quantitative estimate of drug-likeness (QED) is 0.754. The summed E-state index contributed by atoms with van der Waals surface area (Å²) in [5.41, 5.74) is 1.47. The van der Waals surface area contributed by atoms with Crippen LogP contribution in [0.15, 0.2) is 6.20 Å². The first kappa shape index (κ1) is 12.0. The summed E-state index contributed by atoms with van der Waals surface area (Å²) in [5, 5.41) is 0. The Morgan fingerprint density at radius 2 is 2.24 bits per heavy atom. The fourth-order valence-corrected chi connectivity index (χ4v) is 1.97. The van der Waals surface area contributed by atoms with Crippen LogP contribution in [0.2, 0.25) is 0 Å². The number of ether oxygens (including phenoxy) is 1. The lowest BCUT2D eigenvalue weighted by Gasteiger charge is -2.07. The van der Waals surface area contributed by atoms with E-state index in [1.807, 2.05) is 6.92 Å². The number of rotatable bonds is 3. The van der Waals surface area contributed by atoms with Crippen molar-refractivity contribution in [3.63, 3.8) is 0 Å². The Morgan fingerprint density at radius 1 is 1.59 bits per heavy atom. The average Bonchev–Trinajstić information content (AvgIpc) is 2.88. The van der Waals surface area contributed by atoms with E-state index in [0.29, 0.717) is 29.2 Å². The lowest BCUT2D eigenvalue weighted by molar-refractivity contribution is 0.0524. The molecule has 1 unspecified atom stereocenters. The van der Waals surface area contributed by atoms with Crippen LogP contribution in [0.1, 0.15) is 55.0 Å². The molecule has 0 saturated heterocycles. The number of aromatic nitrogens is 2. The largest absolute Gasteiger partial charge is 0.462 e. The Balaban J connectivity index is 2.21. The highest BCUT2D eigenvalue weighted by Gasteiger charge is 2.48. The van der Waals surface area contributed by atoms with Gasteiger partial charge in [0.1, 0.15) is 5.82 Å². The Kier molecular flexibility index (Phi) is 2.89. The summed E-state index contributed by atoms with van der Waals surface area (Å²) >= 11 is 0. The molecule has 1 heterocycles. The molecule has 4 heteroatoms. The van der Waals surface area contributed by atoms with Crippen molar-refractivity contribution in [2.75, 3.05) is 6.61 Å². The molecule has 0 aromatic carbocycles. The molecule has 0 amide bonds. The second-order valence-corrected chi connectivity index (χ2v) is 5.19. The van der Waals surface area contributed by atoms with Gasteiger partial charge < -0.3 is 4.74 Å². The highest BCUT2D eigenvalue weighted by Crippen LogP contribution is 2.57. The minimum absolute atomic E-state index is 0.303. The third kappa shape index (κ3) is 2.30. The first-order chi connectivity index (χ1) is 7.95. The maximum atomic E-state index is 11.6. The predicted molar refractivity (Wildman–Crippen MR) is 63.9 cm³/mol. The second kappa shape index (κ2) is 4.09. The van der Waals surface area contributed by atoms with Gasteiger partial charge in [-0.25, -0.2) is 14.8 Å². The second-order valence-electron chi connectivity index (χ2n) is 5.19. The van der Waals surface area contributed by atoms with Gasteiger partial charge in [0.05, 0.1) is 17.9 Å². The molecule has 1 fully saturated rings. The van der Waals surface area contributed by atoms with Crippen LogP contribution in [0.5, 0.6) is 0 Å². The Morgan fingerprint density at radius 3 is 2.71 bits per heavy atom. The molecule has 4 nitrogen and oxygen atoms in total. The third-order valence-corrected chi connectivity index (χ3v) is 3.32. The van der Waals surface area contributed by atoms with Crippen LogP contribution in [0.25, 0.3) is 0 Å². The molecule has 1 aliphatic rings. The molecular formula is C13H18N2O2. The number of nitrogens with zero attached hydrogens (tertiary/aromatic N) is 2. The van der Waals surface area contributed by atoms with E-state index in [9.17, 15) is 4.79 Å². The third-order valence-electron chi connectivity index (χ3n) is 3.32. The van der Waals surface area contributed by atoms with E-state index in [0.717, 1.165) is 12.2 Å². The van der Waals surface area contributed by atoms with E-state index in [2.05, 4.69) is 23.8 Å². The summed E-state index contributed by atoms with van der Waals surface area (Å²) in [4.78, 5) is 20.3. The molecular weight excluding hydrogens is 216 g/mol. The van der Waals surface area contributed by atoms with E-state index >= 15 is 0 Å². The van der Waals surface area contributed by atoms with Crippen LogP contribution < -0.4 is 0 Å². The smallest absolute Gasteiger partial charge is 0.341 e. The van der Waals surface area contributed by atoms with E-state index in [1.54, 1.807) is 13.1 Å². The summed E-state index contributed by atoms with van der Waals surface area (Å²) in [6, 6.07) is 0. The lowest BCUT2D eigenvalue weighted by Crippen LogP contribution is -2.10. The molecule has 1 atom stereocenters. The van der Waals surface area contributed by atoms with Crippen LogP contribution in [0, 0.1) is 12.3 Å². The van der Waals surface area contributed by atoms with Crippen molar-refractivity contribution in [1.29, 1.82) is 0 Å². The van der Waals surface area contributed by atoms with Gasteiger partial charge in [-0.15, -0.1) is 0 Å². The van der Waals surface area contributed by atoms with Gasteiger partial charge >= 0.3 is 5.97 Å². The van der Waals surface area contributed by atoms with Gasteiger partial charge in [-0.3, -0.25) is 0 Å². The van der Waals surface area contributed by atoms with Crippen molar-refractivity contribution in [2.24, 2.45) is 5.41 Å². The number of hydrogen-bond donors (Lipinski definition) is 0. The van der Waals surface area contributed by atoms with Crippen molar-refractivity contribution >= 4 is 5.97 Å². The van der Waals surface area contributed by atoms with Crippen molar-refractivity contribution < 1.29 is 9.53 Å². The summed E-state index contributed by atoms with van der Waals surface area (Å²) < 4.78 is 4.95. The maximum absolute atomic E-state index is 11.6. The van der Waals surface area contributed by atoms with Crippen LogP contribution in [0.4, 0.5) is 0 Å². The van der Waals surface area contributed by atoms with Gasteiger partial charge in [0.15, 0.2) is 0 Å². The van der Waals surface area contributed by atoms with Crippen LogP contribution in [-0.2, 0) is 4.74 Å². The minimum Gasteiger partial charge on any atom is -0.462 e. The molecule has 0 bridgehead atoms. The van der Waals surface area contributed by atoms with Gasteiger partial charge in [-0.2, -0.15) is 0 Å². The van der Waals surface area contributed by atoms with E-state index < -0.39 is 0 Å². The van der Waals surface area contributed by atoms with Crippen molar-refractivity contribution in [2.45, 2.75) is 40.0 Å². The monoisotopic (exact) mass is 234 g/mol. The Bertz CT molecular complexity index is 455. The fraction of sp³-hybridized carbons (Fsp3) is 0.615. The zero-order chi connectivity index (χ0) is 12.6. The van der Waals surface area contributed by atoms with Crippen molar-refractivity contribution in [1.82, 2.24) is 9.97 Å². The summed E-state index contributed by atoms with van der Waals surface area (Å²) in [6.45, 7) is 8.39. The predicted octanol–water partition coefficient (Wildman–Crippen LogP) is 2.48. The number of aryl methyl sites for hydroxylation is 1. The van der Waals surface area contributed by atoms with Crippen molar-refractivity contribution in [3.05, 3.63) is 23.3 Å². The van der Waals surface area contributed by atoms with Gasteiger partial charge in [0, 0.05) is 12.1 Å². The molecule has 1 aliphatic carbocycles. The molecule has 0 aliphatic heterocycles. The zero-order valence-electron chi connectivity index (χ0n) is 10.8. The molecule has 1 aromatic heterocycles. The molecule has 0 radical (unpaired) electrons. The SMILES string of the molecule is CCOC(=O)c1cnc(C2CC2(C)C)nc1C. The highest BCUT2D eigenvalue weighted by atomic mass is 16.5. The minimum atomic E-state index is -0.341. The van der Waals surface area contributed by atoms with E-state index in [1.165, 1.54) is 0 Å². The van der Waals surface area contributed by atoms with Gasteiger partial charge in [-0.1, -0.05) is 13.8 Å². The van der Waals surface area contributed by atoms with E-state index in [4.69, 9.17) is 4.74 Å². The maximum Gasteiger partial charge on any atom is 0.341 e. The topological polar surface area (TPSA) is 52.1 Å².